The summed E-state index contributed by atoms with van der Waals surface area (Å²) in [5.41, 5.74) is 4.01. The first-order chi connectivity index (χ1) is 10.3. The number of hydrazone groups is 1. The van der Waals surface area contributed by atoms with E-state index in [0.29, 0.717) is 18.9 Å². The van der Waals surface area contributed by atoms with Crippen molar-refractivity contribution in [1.29, 1.82) is 0 Å². The predicted octanol–water partition coefficient (Wildman–Crippen LogP) is 2.01. The molecule has 0 radical (unpaired) electrons. The van der Waals surface area contributed by atoms with Gasteiger partial charge >= 0.3 is 5.97 Å². The molecule has 1 heterocycles. The molecule has 0 aliphatic heterocycles. The molecule has 0 spiro atoms. The van der Waals surface area contributed by atoms with Gasteiger partial charge in [-0.2, -0.15) is 9.67 Å². The van der Waals surface area contributed by atoms with E-state index in [1.54, 1.807) is 6.92 Å². The van der Waals surface area contributed by atoms with Crippen LogP contribution < -0.4 is 9.99 Å². The minimum Gasteiger partial charge on any atom is -0.461 e. The molecular weight excluding hydrogens is 266 g/mol. The van der Waals surface area contributed by atoms with Crippen LogP contribution >= 0.6 is 0 Å². The van der Waals surface area contributed by atoms with E-state index < -0.39 is 5.97 Å². The smallest absolute Gasteiger partial charge is 0.361 e. The molecule has 5 nitrogen and oxygen atoms in total. The SMILES string of the molecule is CCOC(=O)C(C[n+]1ccccc1)=NNc1ccccc1. The van der Waals surface area contributed by atoms with Crippen LogP contribution in [-0.4, -0.2) is 18.3 Å². The second-order valence-corrected chi connectivity index (χ2v) is 4.30. The zero-order valence-corrected chi connectivity index (χ0v) is 11.9. The number of hydrogen-bond acceptors (Lipinski definition) is 4. The number of pyridine rings is 1. The summed E-state index contributed by atoms with van der Waals surface area (Å²) in [6.45, 7) is 2.44. The second-order valence-electron chi connectivity index (χ2n) is 4.30. The van der Waals surface area contributed by atoms with E-state index >= 15 is 0 Å². The Morgan fingerprint density at radius 1 is 1.14 bits per heavy atom. The fourth-order valence-corrected chi connectivity index (χ4v) is 1.72. The zero-order chi connectivity index (χ0) is 14.9. The van der Waals surface area contributed by atoms with Crippen LogP contribution in [0.2, 0.25) is 0 Å². The maximum Gasteiger partial charge on any atom is 0.361 e. The molecule has 2 aromatic rings. The second kappa shape index (κ2) is 7.79. The van der Waals surface area contributed by atoms with Crippen molar-refractivity contribution in [2.24, 2.45) is 5.10 Å². The molecule has 0 saturated heterocycles. The summed E-state index contributed by atoms with van der Waals surface area (Å²) >= 11 is 0. The lowest BCUT2D eigenvalue weighted by Gasteiger charge is -2.05. The molecule has 0 saturated carbocycles. The number of rotatable bonds is 6. The summed E-state index contributed by atoms with van der Waals surface area (Å²) in [4.78, 5) is 12.0. The van der Waals surface area contributed by atoms with Gasteiger partial charge in [-0.1, -0.05) is 24.3 Å². The highest BCUT2D eigenvalue weighted by Crippen LogP contribution is 2.04. The monoisotopic (exact) mass is 284 g/mol. The van der Waals surface area contributed by atoms with Gasteiger partial charge in [-0.05, 0) is 19.1 Å². The van der Waals surface area contributed by atoms with Crippen molar-refractivity contribution in [2.75, 3.05) is 12.0 Å². The average Bonchev–Trinajstić information content (AvgIpc) is 2.53. The fourth-order valence-electron chi connectivity index (χ4n) is 1.72. The van der Waals surface area contributed by atoms with Crippen molar-refractivity contribution >= 4 is 17.4 Å². The van der Waals surface area contributed by atoms with Crippen LogP contribution in [-0.2, 0) is 16.1 Å². The van der Waals surface area contributed by atoms with Gasteiger partial charge in [0, 0.05) is 12.1 Å². The third kappa shape index (κ3) is 4.72. The number of para-hydroxylation sites is 1. The van der Waals surface area contributed by atoms with E-state index in [2.05, 4.69) is 10.5 Å². The van der Waals surface area contributed by atoms with Crippen LogP contribution in [0.25, 0.3) is 0 Å². The summed E-state index contributed by atoms with van der Waals surface area (Å²) < 4.78 is 6.91. The standard InChI is InChI=1S/C16H17N3O2/c1-2-21-16(20)15(13-19-11-7-4-8-12-19)18-17-14-9-5-3-6-10-14/h3-12H,2,13H2,1H3/p+1. The number of benzene rings is 1. The Morgan fingerprint density at radius 2 is 1.81 bits per heavy atom. The first-order valence-corrected chi connectivity index (χ1v) is 6.78. The third-order valence-electron chi connectivity index (χ3n) is 2.71. The Bertz CT molecular complexity index is 597. The van der Waals surface area contributed by atoms with E-state index in [9.17, 15) is 4.79 Å². The van der Waals surface area contributed by atoms with Crippen molar-refractivity contribution < 1.29 is 14.1 Å². The largest absolute Gasteiger partial charge is 0.461 e. The van der Waals surface area contributed by atoms with Crippen molar-refractivity contribution in [3.8, 4) is 0 Å². The van der Waals surface area contributed by atoms with Crippen LogP contribution in [0, 0.1) is 0 Å². The first-order valence-electron chi connectivity index (χ1n) is 6.78. The number of carbonyl (C=O) groups is 1. The van der Waals surface area contributed by atoms with Gasteiger partial charge in [0.25, 0.3) is 0 Å². The van der Waals surface area contributed by atoms with Gasteiger partial charge in [0.2, 0.25) is 5.71 Å². The Morgan fingerprint density at radius 3 is 2.48 bits per heavy atom. The molecule has 0 bridgehead atoms. The minimum atomic E-state index is -0.419. The molecule has 0 amide bonds. The lowest BCUT2D eigenvalue weighted by atomic mass is 10.3. The van der Waals surface area contributed by atoms with Gasteiger partial charge in [-0.3, -0.25) is 5.43 Å². The van der Waals surface area contributed by atoms with Crippen LogP contribution in [0.4, 0.5) is 5.69 Å². The number of esters is 1. The molecule has 21 heavy (non-hydrogen) atoms. The predicted molar refractivity (Wildman–Crippen MR) is 80.8 cm³/mol. The number of nitrogens with zero attached hydrogens (tertiary/aromatic N) is 2. The van der Waals surface area contributed by atoms with Crippen molar-refractivity contribution in [1.82, 2.24) is 0 Å². The third-order valence-corrected chi connectivity index (χ3v) is 2.71. The van der Waals surface area contributed by atoms with Crippen LogP contribution in [0.15, 0.2) is 66.0 Å². The summed E-state index contributed by atoms with van der Waals surface area (Å²) in [6, 6.07) is 15.2. The number of anilines is 1. The van der Waals surface area contributed by atoms with Gasteiger partial charge in [0.05, 0.1) is 12.3 Å². The maximum absolute atomic E-state index is 12.0. The van der Waals surface area contributed by atoms with E-state index in [-0.39, 0.29) is 0 Å². The molecule has 1 aromatic heterocycles. The maximum atomic E-state index is 12.0. The van der Waals surface area contributed by atoms with Crippen molar-refractivity contribution in [2.45, 2.75) is 13.5 Å². The Hall–Kier alpha value is -2.69. The minimum absolute atomic E-state index is 0.317. The lowest BCUT2D eigenvalue weighted by molar-refractivity contribution is -0.681. The zero-order valence-electron chi connectivity index (χ0n) is 11.9. The summed E-state index contributed by atoms with van der Waals surface area (Å²) in [7, 11) is 0. The average molecular weight is 284 g/mol. The van der Waals surface area contributed by atoms with Crippen molar-refractivity contribution in [3.63, 3.8) is 0 Å². The van der Waals surface area contributed by atoms with Gasteiger partial charge in [0.15, 0.2) is 18.9 Å². The number of carbonyl (C=O) groups excluding carboxylic acids is 1. The summed E-state index contributed by atoms with van der Waals surface area (Å²) in [6.07, 6.45) is 3.74. The Kier molecular flexibility index (Phi) is 5.46. The molecule has 0 unspecified atom stereocenters. The molecular formula is C16H18N3O2+. The molecule has 0 fully saturated rings. The van der Waals surface area contributed by atoms with Crippen LogP contribution in [0.3, 0.4) is 0 Å². The summed E-state index contributed by atoms with van der Waals surface area (Å²) in [5.74, 6) is -0.419. The van der Waals surface area contributed by atoms with Crippen LogP contribution in [0.5, 0.6) is 0 Å². The lowest BCUT2D eigenvalue weighted by Crippen LogP contribution is -2.40. The number of nitrogens with one attached hydrogen (secondary N) is 1. The molecule has 0 atom stereocenters. The van der Waals surface area contributed by atoms with Gasteiger partial charge in [-0.25, -0.2) is 4.79 Å². The first kappa shape index (κ1) is 14.7. The highest BCUT2D eigenvalue weighted by molar-refractivity contribution is 6.36. The molecule has 0 aliphatic rings. The van der Waals surface area contributed by atoms with Gasteiger partial charge in [0.1, 0.15) is 0 Å². The van der Waals surface area contributed by atoms with E-state index in [1.165, 1.54) is 0 Å². The molecule has 108 valence electrons. The number of aromatic nitrogens is 1. The topological polar surface area (TPSA) is 54.6 Å². The molecule has 1 N–H and O–H groups in total. The Balaban J connectivity index is 2.13. The van der Waals surface area contributed by atoms with Crippen LogP contribution in [0.1, 0.15) is 6.92 Å². The highest BCUT2D eigenvalue weighted by atomic mass is 16.5. The molecule has 2 rings (SSSR count). The normalized spacial score (nSPS) is 11.0. The van der Waals surface area contributed by atoms with Gasteiger partial charge < -0.3 is 4.74 Å². The number of hydrogen-bond donors (Lipinski definition) is 1. The van der Waals surface area contributed by atoms with E-state index in [0.717, 1.165) is 5.69 Å². The van der Waals surface area contributed by atoms with E-state index in [1.807, 2.05) is 65.5 Å². The summed E-state index contributed by atoms with van der Waals surface area (Å²) in [5, 5.41) is 4.18. The molecule has 5 heteroatoms. The van der Waals surface area contributed by atoms with E-state index in [4.69, 9.17) is 4.74 Å². The molecule has 1 aromatic carbocycles. The quantitative estimate of drug-likeness (QED) is 0.382. The fraction of sp³-hybridized carbons (Fsp3) is 0.188. The highest BCUT2D eigenvalue weighted by Gasteiger charge is 2.18. The van der Waals surface area contributed by atoms with Gasteiger partial charge in [-0.15, -0.1) is 0 Å². The Labute approximate surface area is 123 Å². The van der Waals surface area contributed by atoms with Crippen molar-refractivity contribution in [3.05, 3.63) is 60.9 Å². The molecule has 0 aliphatic carbocycles. The number of ether oxygens (including phenoxy) is 1.